The fourth-order valence-corrected chi connectivity index (χ4v) is 4.71. The summed E-state index contributed by atoms with van der Waals surface area (Å²) >= 11 is 0. The van der Waals surface area contributed by atoms with E-state index in [-0.39, 0.29) is 23.8 Å². The number of nitrogens with two attached hydrogens (primary N) is 1. The molecule has 1 aliphatic rings. The van der Waals surface area contributed by atoms with Crippen molar-refractivity contribution in [2.75, 3.05) is 20.8 Å². The zero-order valence-electron chi connectivity index (χ0n) is 24.0. The molecular formula is C34H30N2O7. The number of carbonyl (C=O) groups is 1. The number of fused-ring (bicyclic) bond motifs is 1. The number of ether oxygens (including phenoxy) is 6. The van der Waals surface area contributed by atoms with Crippen LogP contribution in [0, 0.1) is 18.3 Å². The average Bonchev–Trinajstić information content (AvgIpc) is 3.02. The Morgan fingerprint density at radius 1 is 0.884 bits per heavy atom. The Bertz CT molecular complexity index is 1710. The van der Waals surface area contributed by atoms with Crippen molar-refractivity contribution in [1.29, 1.82) is 5.26 Å². The molecule has 0 saturated heterocycles. The van der Waals surface area contributed by atoms with Crippen molar-refractivity contribution in [2.45, 2.75) is 19.4 Å². The molecule has 0 spiro atoms. The van der Waals surface area contributed by atoms with E-state index in [2.05, 4.69) is 6.07 Å². The first-order valence-electron chi connectivity index (χ1n) is 13.4. The first kappa shape index (κ1) is 28.9. The van der Waals surface area contributed by atoms with E-state index in [9.17, 15) is 10.1 Å². The van der Waals surface area contributed by atoms with E-state index >= 15 is 0 Å². The predicted octanol–water partition coefficient (Wildman–Crippen LogP) is 5.79. The SMILES string of the molecule is COc1ccccc1OCC(=O)Oc1ccc2c(c1)OC(N)=C(C#N)C2c1ccc(OCc2ccc(C)cc2)c(OC)c1. The smallest absolute Gasteiger partial charge is 0.349 e. The van der Waals surface area contributed by atoms with Crippen LogP contribution in [0.4, 0.5) is 0 Å². The normalized spacial score (nSPS) is 13.7. The highest BCUT2D eigenvalue weighted by atomic mass is 16.6. The van der Waals surface area contributed by atoms with Gasteiger partial charge in [-0.2, -0.15) is 5.26 Å². The lowest BCUT2D eigenvalue weighted by Crippen LogP contribution is -2.22. The predicted molar refractivity (Wildman–Crippen MR) is 158 cm³/mol. The summed E-state index contributed by atoms with van der Waals surface area (Å²) in [5.41, 5.74) is 10.1. The molecule has 2 N–H and O–H groups in total. The van der Waals surface area contributed by atoms with E-state index in [1.54, 1.807) is 55.6 Å². The van der Waals surface area contributed by atoms with Gasteiger partial charge in [0.25, 0.3) is 0 Å². The minimum atomic E-state index is -0.620. The number of methoxy groups -OCH3 is 2. The molecule has 218 valence electrons. The van der Waals surface area contributed by atoms with Crippen LogP contribution in [0.3, 0.4) is 0 Å². The van der Waals surface area contributed by atoms with Crippen LogP contribution in [-0.2, 0) is 11.4 Å². The Morgan fingerprint density at radius 2 is 1.60 bits per heavy atom. The maximum atomic E-state index is 12.5. The van der Waals surface area contributed by atoms with Gasteiger partial charge in [0.05, 0.1) is 20.1 Å². The summed E-state index contributed by atoms with van der Waals surface area (Å²) < 4.78 is 33.7. The minimum absolute atomic E-state index is 0.0401. The van der Waals surface area contributed by atoms with Crippen molar-refractivity contribution < 1.29 is 33.2 Å². The van der Waals surface area contributed by atoms with Crippen LogP contribution in [0.5, 0.6) is 34.5 Å². The minimum Gasteiger partial charge on any atom is -0.493 e. The number of aryl methyl sites for hydroxylation is 1. The van der Waals surface area contributed by atoms with Crippen LogP contribution < -0.4 is 34.2 Å². The summed E-state index contributed by atoms with van der Waals surface area (Å²) in [6.45, 7) is 2.07. The van der Waals surface area contributed by atoms with Crippen molar-refractivity contribution in [2.24, 2.45) is 5.73 Å². The van der Waals surface area contributed by atoms with Crippen LogP contribution in [-0.4, -0.2) is 26.8 Å². The van der Waals surface area contributed by atoms with Crippen molar-refractivity contribution in [3.8, 4) is 40.6 Å². The Hall–Kier alpha value is -5.62. The monoisotopic (exact) mass is 578 g/mol. The standard InChI is InChI=1S/C34H30N2O7/c1-21-8-10-22(11-9-21)19-40-29-15-12-23(16-31(29)39-3)33-25-14-13-24(17-30(25)43-34(36)26(33)18-35)42-32(37)20-41-28-7-5-4-6-27(28)38-2/h4-17,33H,19-20,36H2,1-3H3. The third-order valence-electron chi connectivity index (χ3n) is 6.87. The topological polar surface area (TPSA) is 122 Å². The van der Waals surface area contributed by atoms with Crippen molar-refractivity contribution in [1.82, 2.24) is 0 Å². The number of benzene rings is 4. The van der Waals surface area contributed by atoms with Gasteiger partial charge in [-0.1, -0.05) is 54.1 Å². The molecule has 1 heterocycles. The lowest BCUT2D eigenvalue weighted by Gasteiger charge is -2.27. The first-order valence-corrected chi connectivity index (χ1v) is 13.4. The Kier molecular flexibility index (Phi) is 8.68. The number of hydrogen-bond acceptors (Lipinski definition) is 9. The van der Waals surface area contributed by atoms with Gasteiger partial charge in [-0.15, -0.1) is 0 Å². The van der Waals surface area contributed by atoms with Crippen molar-refractivity contribution >= 4 is 5.97 Å². The Labute approximate surface area is 249 Å². The van der Waals surface area contributed by atoms with Gasteiger partial charge in [0.1, 0.15) is 29.7 Å². The molecule has 0 fully saturated rings. The average molecular weight is 579 g/mol. The van der Waals surface area contributed by atoms with E-state index in [1.165, 1.54) is 12.7 Å². The van der Waals surface area contributed by atoms with Crippen molar-refractivity contribution in [3.05, 3.63) is 119 Å². The Morgan fingerprint density at radius 3 is 2.33 bits per heavy atom. The molecule has 0 aliphatic carbocycles. The third-order valence-corrected chi connectivity index (χ3v) is 6.87. The van der Waals surface area contributed by atoms with Gasteiger partial charge in [-0.05, 0) is 48.4 Å². The summed E-state index contributed by atoms with van der Waals surface area (Å²) in [7, 11) is 3.08. The molecule has 4 aromatic rings. The lowest BCUT2D eigenvalue weighted by atomic mass is 9.83. The molecule has 43 heavy (non-hydrogen) atoms. The van der Waals surface area contributed by atoms with E-state index < -0.39 is 11.9 Å². The number of carbonyl (C=O) groups excluding carboxylic acids is 1. The second-order valence-corrected chi connectivity index (χ2v) is 9.72. The molecule has 1 aliphatic heterocycles. The van der Waals surface area contributed by atoms with Crippen LogP contribution in [0.2, 0.25) is 0 Å². The molecule has 1 unspecified atom stereocenters. The first-order chi connectivity index (χ1) is 20.9. The van der Waals surface area contributed by atoms with Gasteiger partial charge in [0.2, 0.25) is 5.88 Å². The van der Waals surface area contributed by atoms with Crippen LogP contribution in [0.25, 0.3) is 0 Å². The molecule has 5 rings (SSSR count). The van der Waals surface area contributed by atoms with Crippen LogP contribution >= 0.6 is 0 Å². The molecular weight excluding hydrogens is 548 g/mol. The zero-order chi connectivity index (χ0) is 30.3. The van der Waals surface area contributed by atoms with Gasteiger partial charge in [-0.3, -0.25) is 0 Å². The van der Waals surface area contributed by atoms with Crippen molar-refractivity contribution in [3.63, 3.8) is 0 Å². The number of rotatable bonds is 10. The number of esters is 1. The fraction of sp³-hybridized carbons (Fsp3) is 0.176. The number of nitriles is 1. The summed E-state index contributed by atoms with van der Waals surface area (Å²) in [5.74, 6) is 1.37. The number of para-hydroxylation sites is 2. The van der Waals surface area contributed by atoms with E-state index in [1.807, 2.05) is 43.3 Å². The number of nitrogens with zero attached hydrogens (tertiary/aromatic N) is 1. The fourth-order valence-electron chi connectivity index (χ4n) is 4.71. The molecule has 0 amide bonds. The molecule has 0 radical (unpaired) electrons. The van der Waals surface area contributed by atoms with E-state index in [0.717, 1.165) is 11.1 Å². The molecule has 1 atom stereocenters. The quantitative estimate of drug-likeness (QED) is 0.184. The maximum Gasteiger partial charge on any atom is 0.349 e. The summed E-state index contributed by atoms with van der Waals surface area (Å²) in [6.07, 6.45) is 0. The maximum absolute atomic E-state index is 12.5. The largest absolute Gasteiger partial charge is 0.493 e. The highest BCUT2D eigenvalue weighted by Gasteiger charge is 2.32. The summed E-state index contributed by atoms with van der Waals surface area (Å²) in [6, 6.07) is 27.7. The van der Waals surface area contributed by atoms with E-state index in [0.29, 0.717) is 40.9 Å². The summed E-state index contributed by atoms with van der Waals surface area (Å²) in [4.78, 5) is 12.5. The lowest BCUT2D eigenvalue weighted by molar-refractivity contribution is -0.136. The third kappa shape index (κ3) is 6.49. The van der Waals surface area contributed by atoms with Gasteiger partial charge in [-0.25, -0.2) is 4.79 Å². The summed E-state index contributed by atoms with van der Waals surface area (Å²) in [5, 5.41) is 9.98. The molecule has 0 bridgehead atoms. The van der Waals surface area contributed by atoms with Crippen LogP contribution in [0.15, 0.2) is 96.4 Å². The molecule has 4 aromatic carbocycles. The van der Waals surface area contributed by atoms with Gasteiger partial charge in [0.15, 0.2) is 29.6 Å². The molecule has 9 nitrogen and oxygen atoms in total. The second kappa shape index (κ2) is 12.9. The molecule has 0 saturated carbocycles. The molecule has 0 aromatic heterocycles. The Balaban J connectivity index is 1.35. The second-order valence-electron chi connectivity index (χ2n) is 9.72. The van der Waals surface area contributed by atoms with Gasteiger partial charge < -0.3 is 34.2 Å². The van der Waals surface area contributed by atoms with Gasteiger partial charge >= 0.3 is 5.97 Å². The van der Waals surface area contributed by atoms with Gasteiger partial charge in [0, 0.05) is 11.6 Å². The van der Waals surface area contributed by atoms with Crippen LogP contribution in [0.1, 0.15) is 28.2 Å². The van der Waals surface area contributed by atoms with E-state index in [4.69, 9.17) is 34.2 Å². The highest BCUT2D eigenvalue weighted by molar-refractivity contribution is 5.74. The number of allylic oxidation sites excluding steroid dienone is 1. The number of hydrogen-bond donors (Lipinski definition) is 1. The zero-order valence-corrected chi connectivity index (χ0v) is 24.0. The molecule has 9 heteroatoms. The highest BCUT2D eigenvalue weighted by Crippen LogP contribution is 2.45.